The van der Waals surface area contributed by atoms with Gasteiger partial charge in [-0.15, -0.1) is 0 Å². The minimum Gasteiger partial charge on any atom is -0.497 e. The van der Waals surface area contributed by atoms with Crippen molar-refractivity contribution in [2.45, 2.75) is 25.3 Å². The molecule has 2 fully saturated rings. The van der Waals surface area contributed by atoms with E-state index in [-0.39, 0.29) is 0 Å². The van der Waals surface area contributed by atoms with Crippen LogP contribution in [0.3, 0.4) is 0 Å². The molecule has 1 N–H and O–H groups in total. The zero-order valence-electron chi connectivity index (χ0n) is 11.3. The van der Waals surface area contributed by atoms with Crippen LogP contribution in [0.2, 0.25) is 0 Å². The van der Waals surface area contributed by atoms with E-state index in [0.29, 0.717) is 5.54 Å². The predicted molar refractivity (Wildman–Crippen MR) is 74.3 cm³/mol. The Bertz CT molecular complexity index is 413. The SMILES string of the molecule is COc1ccc(N2CCNC(C)(C3CC3)C2)cc1. The molecular formula is C15H22N2O. The molecule has 3 heteroatoms. The topological polar surface area (TPSA) is 24.5 Å². The summed E-state index contributed by atoms with van der Waals surface area (Å²) in [5.74, 6) is 1.80. The molecule has 3 rings (SSSR count). The minimum absolute atomic E-state index is 0.304. The van der Waals surface area contributed by atoms with E-state index in [9.17, 15) is 0 Å². The molecule has 3 nitrogen and oxygen atoms in total. The maximum absolute atomic E-state index is 5.21. The van der Waals surface area contributed by atoms with Crippen molar-refractivity contribution in [2.24, 2.45) is 5.92 Å². The summed E-state index contributed by atoms with van der Waals surface area (Å²) in [6.45, 7) is 5.66. The summed E-state index contributed by atoms with van der Waals surface area (Å²) in [4.78, 5) is 2.49. The van der Waals surface area contributed by atoms with Crippen LogP contribution in [0.4, 0.5) is 5.69 Å². The van der Waals surface area contributed by atoms with Gasteiger partial charge in [-0.3, -0.25) is 0 Å². The summed E-state index contributed by atoms with van der Waals surface area (Å²) in [7, 11) is 1.71. The number of methoxy groups -OCH3 is 1. The van der Waals surface area contributed by atoms with Gasteiger partial charge in [-0.25, -0.2) is 0 Å². The smallest absolute Gasteiger partial charge is 0.119 e. The third-order valence-electron chi connectivity index (χ3n) is 4.35. The van der Waals surface area contributed by atoms with Crippen molar-refractivity contribution >= 4 is 5.69 Å². The second kappa shape index (κ2) is 4.47. The van der Waals surface area contributed by atoms with Gasteiger partial charge in [0.2, 0.25) is 0 Å². The Labute approximate surface area is 109 Å². The first-order valence-electron chi connectivity index (χ1n) is 6.85. The predicted octanol–water partition coefficient (Wildman–Crippen LogP) is 2.27. The number of benzene rings is 1. The van der Waals surface area contributed by atoms with Gasteiger partial charge >= 0.3 is 0 Å². The van der Waals surface area contributed by atoms with Crippen molar-refractivity contribution in [3.8, 4) is 5.75 Å². The summed E-state index contributed by atoms with van der Waals surface area (Å²) in [5.41, 5.74) is 1.61. The molecule has 1 heterocycles. The third-order valence-corrected chi connectivity index (χ3v) is 4.35. The maximum Gasteiger partial charge on any atom is 0.119 e. The molecule has 1 aromatic carbocycles. The number of ether oxygens (including phenoxy) is 1. The molecule has 0 aromatic heterocycles. The molecule has 1 aliphatic carbocycles. The summed E-state index contributed by atoms with van der Waals surface area (Å²) in [5, 5.41) is 3.71. The molecule has 1 saturated carbocycles. The van der Waals surface area contributed by atoms with Crippen LogP contribution in [-0.2, 0) is 0 Å². The van der Waals surface area contributed by atoms with Gasteiger partial charge in [0.25, 0.3) is 0 Å². The summed E-state index contributed by atoms with van der Waals surface area (Å²) in [6, 6.07) is 8.42. The lowest BCUT2D eigenvalue weighted by atomic mass is 9.92. The highest BCUT2D eigenvalue weighted by molar-refractivity contribution is 5.50. The fourth-order valence-corrected chi connectivity index (χ4v) is 3.02. The van der Waals surface area contributed by atoms with Crippen LogP contribution in [0.5, 0.6) is 5.75 Å². The second-order valence-corrected chi connectivity index (χ2v) is 5.74. The van der Waals surface area contributed by atoms with Crippen LogP contribution < -0.4 is 15.0 Å². The van der Waals surface area contributed by atoms with Crippen molar-refractivity contribution in [1.82, 2.24) is 5.32 Å². The Morgan fingerprint density at radius 1 is 1.28 bits per heavy atom. The highest BCUT2D eigenvalue weighted by atomic mass is 16.5. The van der Waals surface area contributed by atoms with E-state index in [1.54, 1.807) is 7.11 Å². The first-order chi connectivity index (χ1) is 8.71. The highest BCUT2D eigenvalue weighted by Crippen LogP contribution is 2.41. The van der Waals surface area contributed by atoms with E-state index in [0.717, 1.165) is 31.3 Å². The number of piperazine rings is 1. The lowest BCUT2D eigenvalue weighted by Crippen LogP contribution is -2.60. The minimum atomic E-state index is 0.304. The van der Waals surface area contributed by atoms with Gasteiger partial charge in [0.05, 0.1) is 7.11 Å². The van der Waals surface area contributed by atoms with Gasteiger partial charge in [0.15, 0.2) is 0 Å². The number of anilines is 1. The molecule has 1 aromatic rings. The largest absolute Gasteiger partial charge is 0.497 e. The standard InChI is InChI=1S/C15H22N2O/c1-15(12-3-4-12)11-17(10-9-16-15)13-5-7-14(18-2)8-6-13/h5-8,12,16H,3-4,9-11H2,1-2H3. The molecule has 0 bridgehead atoms. The van der Waals surface area contributed by atoms with Gasteiger partial charge in [-0.2, -0.15) is 0 Å². The molecule has 2 aliphatic rings. The zero-order valence-corrected chi connectivity index (χ0v) is 11.3. The van der Waals surface area contributed by atoms with Gasteiger partial charge < -0.3 is 15.0 Å². The van der Waals surface area contributed by atoms with Crippen LogP contribution in [0.1, 0.15) is 19.8 Å². The highest BCUT2D eigenvalue weighted by Gasteiger charge is 2.43. The van der Waals surface area contributed by atoms with E-state index < -0.39 is 0 Å². The Morgan fingerprint density at radius 2 is 2.00 bits per heavy atom. The quantitative estimate of drug-likeness (QED) is 0.885. The van der Waals surface area contributed by atoms with E-state index in [1.807, 2.05) is 12.1 Å². The van der Waals surface area contributed by atoms with Crippen LogP contribution in [0.15, 0.2) is 24.3 Å². The Hall–Kier alpha value is -1.22. The third kappa shape index (κ3) is 2.19. The van der Waals surface area contributed by atoms with Gasteiger partial charge in [0, 0.05) is 30.9 Å². The summed E-state index contributed by atoms with van der Waals surface area (Å²) < 4.78 is 5.21. The van der Waals surface area contributed by atoms with Crippen molar-refractivity contribution in [2.75, 3.05) is 31.6 Å². The molecule has 1 atom stereocenters. The fourth-order valence-electron chi connectivity index (χ4n) is 3.02. The Kier molecular flexibility index (Phi) is 2.94. The molecule has 18 heavy (non-hydrogen) atoms. The summed E-state index contributed by atoms with van der Waals surface area (Å²) >= 11 is 0. The van der Waals surface area contributed by atoms with E-state index in [2.05, 4.69) is 29.3 Å². The van der Waals surface area contributed by atoms with E-state index >= 15 is 0 Å². The number of rotatable bonds is 3. The number of hydrogen-bond acceptors (Lipinski definition) is 3. The normalized spacial score (nSPS) is 28.2. The zero-order chi connectivity index (χ0) is 12.6. The van der Waals surface area contributed by atoms with Crippen molar-refractivity contribution < 1.29 is 4.74 Å². The molecule has 0 spiro atoms. The van der Waals surface area contributed by atoms with Gasteiger partial charge in [0.1, 0.15) is 5.75 Å². The van der Waals surface area contributed by atoms with Crippen molar-refractivity contribution in [1.29, 1.82) is 0 Å². The number of nitrogens with one attached hydrogen (secondary N) is 1. The number of hydrogen-bond donors (Lipinski definition) is 1. The monoisotopic (exact) mass is 246 g/mol. The molecule has 98 valence electrons. The Morgan fingerprint density at radius 3 is 2.61 bits per heavy atom. The molecule has 1 aliphatic heterocycles. The fraction of sp³-hybridized carbons (Fsp3) is 0.600. The molecule has 1 unspecified atom stereocenters. The van der Waals surface area contributed by atoms with Gasteiger partial charge in [-0.05, 0) is 49.9 Å². The van der Waals surface area contributed by atoms with Crippen molar-refractivity contribution in [3.63, 3.8) is 0 Å². The maximum atomic E-state index is 5.21. The van der Waals surface area contributed by atoms with Crippen LogP contribution >= 0.6 is 0 Å². The number of nitrogens with zero attached hydrogens (tertiary/aromatic N) is 1. The van der Waals surface area contributed by atoms with Crippen LogP contribution in [0, 0.1) is 5.92 Å². The molecular weight excluding hydrogens is 224 g/mol. The average Bonchev–Trinajstić information content (AvgIpc) is 3.24. The molecule has 0 radical (unpaired) electrons. The molecule has 1 saturated heterocycles. The van der Waals surface area contributed by atoms with Crippen LogP contribution in [-0.4, -0.2) is 32.3 Å². The van der Waals surface area contributed by atoms with Crippen molar-refractivity contribution in [3.05, 3.63) is 24.3 Å². The van der Waals surface area contributed by atoms with E-state index in [1.165, 1.54) is 18.5 Å². The Balaban J connectivity index is 1.74. The lowest BCUT2D eigenvalue weighted by molar-refractivity contribution is 0.285. The molecule has 0 amide bonds. The summed E-state index contributed by atoms with van der Waals surface area (Å²) in [6.07, 6.45) is 2.78. The van der Waals surface area contributed by atoms with Gasteiger partial charge in [-0.1, -0.05) is 0 Å². The average molecular weight is 246 g/mol. The second-order valence-electron chi connectivity index (χ2n) is 5.74. The first kappa shape index (κ1) is 11.8. The van der Waals surface area contributed by atoms with Crippen LogP contribution in [0.25, 0.3) is 0 Å². The van der Waals surface area contributed by atoms with E-state index in [4.69, 9.17) is 4.74 Å². The first-order valence-corrected chi connectivity index (χ1v) is 6.85. The lowest BCUT2D eigenvalue weighted by Gasteiger charge is -2.43.